The standard InChI is InChI=1S/C24H21FN4O4/c1-13(30)27-8-16-9-29(21(31)33-16)15-3-4-17(19(25)6-15)14-5-18-20(28-7-14)23(10-26)22(2)11-32-12-24(18,22)23/h3-7,16H,8-9,11-12H2,1-2H3,(H,27,30)/t16-,22+,23?,24-/m0/s1. The van der Waals surface area contributed by atoms with Gasteiger partial charge >= 0.3 is 6.09 Å². The third-order valence-corrected chi connectivity index (χ3v) is 7.96. The van der Waals surface area contributed by atoms with E-state index in [9.17, 15) is 14.9 Å². The molecule has 0 bridgehead atoms. The van der Waals surface area contributed by atoms with E-state index in [0.29, 0.717) is 30.0 Å². The fourth-order valence-corrected chi connectivity index (χ4v) is 6.26. The Balaban J connectivity index is 1.28. The number of hydrogen-bond acceptors (Lipinski definition) is 6. The summed E-state index contributed by atoms with van der Waals surface area (Å²) in [4.78, 5) is 29.2. The number of benzene rings is 1. The van der Waals surface area contributed by atoms with Crippen LogP contribution in [0.5, 0.6) is 0 Å². The molecule has 8 nitrogen and oxygen atoms in total. The quantitative estimate of drug-likeness (QED) is 0.770. The SMILES string of the molecule is CC(=O)NC[C@H]1CN(c2ccc(-c3cnc4c(c3)[C@@]35COC[C@]3(C)C45C#N)c(F)c2)C(=O)O1. The number of fused-ring (bicyclic) bond motifs is 3. The van der Waals surface area contributed by atoms with Crippen molar-refractivity contribution >= 4 is 17.7 Å². The molecule has 2 aromatic rings. The van der Waals surface area contributed by atoms with Crippen molar-refractivity contribution in [1.29, 1.82) is 5.26 Å². The molecule has 4 atom stereocenters. The highest BCUT2D eigenvalue weighted by molar-refractivity contribution is 5.90. The van der Waals surface area contributed by atoms with Crippen molar-refractivity contribution in [3.05, 3.63) is 47.5 Å². The first-order chi connectivity index (χ1) is 15.8. The van der Waals surface area contributed by atoms with Gasteiger partial charge in [0.1, 0.15) is 17.3 Å². The summed E-state index contributed by atoms with van der Waals surface area (Å²) >= 11 is 0. The zero-order valence-electron chi connectivity index (χ0n) is 18.1. The second kappa shape index (κ2) is 6.29. The highest BCUT2D eigenvalue weighted by Crippen LogP contribution is 2.87. The summed E-state index contributed by atoms with van der Waals surface area (Å²) in [5.41, 5.74) is 1.87. The maximum Gasteiger partial charge on any atom is 0.414 e. The molecule has 1 spiro atoms. The van der Waals surface area contributed by atoms with Crippen LogP contribution in [0.3, 0.4) is 0 Å². The number of halogens is 1. The van der Waals surface area contributed by atoms with Crippen LogP contribution >= 0.6 is 0 Å². The first kappa shape index (κ1) is 20.1. The van der Waals surface area contributed by atoms with Crippen molar-refractivity contribution in [1.82, 2.24) is 10.3 Å². The highest BCUT2D eigenvalue weighted by Gasteiger charge is 2.96. The summed E-state index contributed by atoms with van der Waals surface area (Å²) in [6.07, 6.45) is 0.526. The number of amides is 2. The number of ether oxygens (including phenoxy) is 2. The van der Waals surface area contributed by atoms with Gasteiger partial charge in [-0.25, -0.2) is 9.18 Å². The predicted molar refractivity (Wildman–Crippen MR) is 114 cm³/mol. The molecule has 33 heavy (non-hydrogen) atoms. The van der Waals surface area contributed by atoms with Gasteiger partial charge in [0.15, 0.2) is 0 Å². The number of rotatable bonds is 4. The average molecular weight is 448 g/mol. The van der Waals surface area contributed by atoms with Gasteiger partial charge in [-0.2, -0.15) is 5.26 Å². The number of nitrogens with zero attached hydrogens (tertiary/aromatic N) is 3. The van der Waals surface area contributed by atoms with Crippen LogP contribution in [0.1, 0.15) is 25.1 Å². The van der Waals surface area contributed by atoms with Gasteiger partial charge in [0.05, 0.1) is 49.2 Å². The molecule has 1 aromatic carbocycles. The molecule has 1 saturated carbocycles. The average Bonchev–Trinajstić information content (AvgIpc) is 3.13. The number of carbonyl (C=O) groups is 2. The monoisotopic (exact) mass is 448 g/mol. The lowest BCUT2D eigenvalue weighted by Gasteiger charge is -2.32. The molecule has 2 saturated heterocycles. The van der Waals surface area contributed by atoms with Crippen molar-refractivity contribution in [2.75, 3.05) is 31.2 Å². The minimum atomic E-state index is -0.599. The van der Waals surface area contributed by atoms with E-state index in [4.69, 9.17) is 9.47 Å². The molecule has 2 aliphatic heterocycles. The molecule has 2 aliphatic carbocycles. The Morgan fingerprint density at radius 1 is 1.39 bits per heavy atom. The molecular weight excluding hydrogens is 427 g/mol. The summed E-state index contributed by atoms with van der Waals surface area (Å²) in [7, 11) is 0. The van der Waals surface area contributed by atoms with E-state index in [1.807, 2.05) is 6.07 Å². The molecular formula is C24H21FN4O4. The van der Waals surface area contributed by atoms with Crippen LogP contribution in [-0.2, 0) is 25.1 Å². The number of cyclic esters (lactones) is 1. The maximum atomic E-state index is 15.2. The largest absolute Gasteiger partial charge is 0.442 e. The van der Waals surface area contributed by atoms with E-state index in [0.717, 1.165) is 11.3 Å². The molecule has 3 heterocycles. The van der Waals surface area contributed by atoms with Gasteiger partial charge in [0.2, 0.25) is 5.91 Å². The number of nitriles is 1. The summed E-state index contributed by atoms with van der Waals surface area (Å²) in [5.74, 6) is -0.703. The third kappa shape index (κ3) is 2.19. The minimum absolute atomic E-state index is 0.202. The lowest BCUT2D eigenvalue weighted by molar-refractivity contribution is -0.119. The molecule has 1 unspecified atom stereocenters. The molecule has 9 heteroatoms. The second-order valence-corrected chi connectivity index (χ2v) is 9.43. The molecule has 1 aromatic heterocycles. The van der Waals surface area contributed by atoms with Gasteiger partial charge in [-0.1, -0.05) is 6.92 Å². The van der Waals surface area contributed by atoms with Gasteiger partial charge < -0.3 is 14.8 Å². The fraction of sp³-hybridized carbons (Fsp3) is 0.417. The van der Waals surface area contributed by atoms with E-state index in [1.165, 1.54) is 17.9 Å². The Kier molecular flexibility index (Phi) is 3.84. The van der Waals surface area contributed by atoms with Crippen LogP contribution in [0.25, 0.3) is 11.1 Å². The number of hydrogen-bond donors (Lipinski definition) is 1. The predicted octanol–water partition coefficient (Wildman–Crippen LogP) is 2.41. The lowest BCUT2D eigenvalue weighted by Crippen LogP contribution is -2.38. The van der Waals surface area contributed by atoms with Gasteiger partial charge in [0, 0.05) is 29.7 Å². The van der Waals surface area contributed by atoms with Crippen molar-refractivity contribution in [2.24, 2.45) is 5.41 Å². The first-order valence-corrected chi connectivity index (χ1v) is 10.8. The number of carbonyl (C=O) groups excluding carboxylic acids is 2. The Morgan fingerprint density at radius 2 is 2.21 bits per heavy atom. The zero-order valence-corrected chi connectivity index (χ0v) is 18.1. The molecule has 1 N–H and O–H groups in total. The summed E-state index contributed by atoms with van der Waals surface area (Å²) in [6, 6.07) is 8.99. The summed E-state index contributed by atoms with van der Waals surface area (Å²) < 4.78 is 26.1. The zero-order chi connectivity index (χ0) is 23.2. The van der Waals surface area contributed by atoms with Crippen LogP contribution in [0.15, 0.2) is 30.5 Å². The second-order valence-electron chi connectivity index (χ2n) is 9.43. The molecule has 3 fully saturated rings. The van der Waals surface area contributed by atoms with Crippen LogP contribution in [0.2, 0.25) is 0 Å². The fourth-order valence-electron chi connectivity index (χ4n) is 6.26. The van der Waals surface area contributed by atoms with Gasteiger partial charge in [-0.15, -0.1) is 0 Å². The molecule has 4 aliphatic rings. The summed E-state index contributed by atoms with van der Waals surface area (Å²) in [5, 5.41) is 12.5. The van der Waals surface area contributed by atoms with E-state index in [2.05, 4.69) is 23.3 Å². The Morgan fingerprint density at radius 3 is 2.94 bits per heavy atom. The number of anilines is 1. The van der Waals surface area contributed by atoms with Gasteiger partial charge in [-0.05, 0) is 29.8 Å². The van der Waals surface area contributed by atoms with Crippen molar-refractivity contribution < 1.29 is 23.5 Å². The van der Waals surface area contributed by atoms with Crippen LogP contribution in [-0.4, -0.2) is 49.4 Å². The van der Waals surface area contributed by atoms with Crippen molar-refractivity contribution in [2.45, 2.75) is 30.8 Å². The number of nitrogens with one attached hydrogen (secondary N) is 1. The maximum absolute atomic E-state index is 15.2. The Labute approximate surface area is 189 Å². The number of pyridine rings is 1. The van der Waals surface area contributed by atoms with Crippen LogP contribution < -0.4 is 10.2 Å². The van der Waals surface area contributed by atoms with E-state index in [-0.39, 0.29) is 29.8 Å². The Bertz CT molecular complexity index is 1290. The summed E-state index contributed by atoms with van der Waals surface area (Å²) in [6.45, 7) is 4.87. The van der Waals surface area contributed by atoms with E-state index < -0.39 is 23.4 Å². The minimum Gasteiger partial charge on any atom is -0.442 e. The smallest absolute Gasteiger partial charge is 0.414 e. The van der Waals surface area contributed by atoms with E-state index in [1.54, 1.807) is 18.3 Å². The first-order valence-electron chi connectivity index (χ1n) is 10.8. The third-order valence-electron chi connectivity index (χ3n) is 7.96. The Hall–Kier alpha value is -3.51. The normalized spacial score (nSPS) is 32.7. The van der Waals surface area contributed by atoms with Crippen molar-refractivity contribution in [3.63, 3.8) is 0 Å². The van der Waals surface area contributed by atoms with Crippen LogP contribution in [0, 0.1) is 22.6 Å². The molecule has 6 rings (SSSR count). The topological polar surface area (TPSA) is 105 Å². The number of aromatic nitrogens is 1. The van der Waals surface area contributed by atoms with Crippen molar-refractivity contribution in [3.8, 4) is 17.2 Å². The molecule has 0 radical (unpaired) electrons. The van der Waals surface area contributed by atoms with Gasteiger partial charge in [0.25, 0.3) is 0 Å². The highest BCUT2D eigenvalue weighted by atomic mass is 19.1. The molecule has 2 amide bonds. The lowest BCUT2D eigenvalue weighted by atomic mass is 9.71. The molecule has 168 valence electrons. The van der Waals surface area contributed by atoms with Gasteiger partial charge in [-0.3, -0.25) is 14.7 Å². The van der Waals surface area contributed by atoms with E-state index >= 15 is 4.39 Å². The van der Waals surface area contributed by atoms with Crippen LogP contribution in [0.4, 0.5) is 14.9 Å².